The number of amides is 1. The lowest BCUT2D eigenvalue weighted by molar-refractivity contribution is 0.0952. The number of halogens is 1. The lowest BCUT2D eigenvalue weighted by atomic mass is 10.1. The molecular weight excluding hydrogens is 386 g/mol. The molecule has 4 N–H and O–H groups in total. The summed E-state index contributed by atoms with van der Waals surface area (Å²) in [4.78, 5) is 12.1. The van der Waals surface area contributed by atoms with E-state index in [1.807, 2.05) is 26.8 Å². The SMILES string of the molecule is Cc1ccc(NS(=O)(=O)c2ccc(C(=O)NCCC(C)N)cc2)cc1C.Cl. The van der Waals surface area contributed by atoms with Crippen molar-refractivity contribution >= 4 is 34.0 Å². The second-order valence-electron chi connectivity index (χ2n) is 6.45. The largest absolute Gasteiger partial charge is 0.352 e. The Balaban J connectivity index is 0.00000364. The van der Waals surface area contributed by atoms with Crippen LogP contribution in [-0.4, -0.2) is 26.9 Å². The van der Waals surface area contributed by atoms with E-state index in [0.717, 1.165) is 11.1 Å². The third-order valence-corrected chi connectivity index (χ3v) is 5.47. The minimum absolute atomic E-state index is 0. The van der Waals surface area contributed by atoms with E-state index in [4.69, 9.17) is 5.73 Å². The standard InChI is InChI=1S/C19H25N3O3S.ClH/c1-13-4-7-17(12-14(13)2)22-26(24,25)18-8-5-16(6-9-18)19(23)21-11-10-15(3)20;/h4-9,12,15,22H,10-11,20H2,1-3H3,(H,21,23);1H. The van der Waals surface area contributed by atoms with Crippen LogP contribution in [0.3, 0.4) is 0 Å². The van der Waals surface area contributed by atoms with Crippen molar-refractivity contribution in [3.63, 3.8) is 0 Å². The number of aryl methyl sites for hydroxylation is 2. The van der Waals surface area contributed by atoms with Gasteiger partial charge < -0.3 is 11.1 Å². The summed E-state index contributed by atoms with van der Waals surface area (Å²) in [6.07, 6.45) is 0.679. The molecule has 148 valence electrons. The number of sulfonamides is 1. The van der Waals surface area contributed by atoms with Gasteiger partial charge in [0.25, 0.3) is 15.9 Å². The molecule has 0 aliphatic carbocycles. The van der Waals surface area contributed by atoms with E-state index in [2.05, 4.69) is 10.0 Å². The Morgan fingerprint density at radius 1 is 1.07 bits per heavy atom. The fourth-order valence-corrected chi connectivity index (χ4v) is 3.37. The van der Waals surface area contributed by atoms with Crippen molar-refractivity contribution in [2.45, 2.75) is 38.1 Å². The van der Waals surface area contributed by atoms with Gasteiger partial charge in [0.2, 0.25) is 0 Å². The third kappa shape index (κ3) is 6.53. The molecule has 27 heavy (non-hydrogen) atoms. The monoisotopic (exact) mass is 411 g/mol. The Morgan fingerprint density at radius 2 is 1.70 bits per heavy atom. The third-order valence-electron chi connectivity index (χ3n) is 4.07. The molecule has 0 heterocycles. The van der Waals surface area contributed by atoms with E-state index in [9.17, 15) is 13.2 Å². The summed E-state index contributed by atoms with van der Waals surface area (Å²) in [7, 11) is -3.71. The number of hydrogen-bond acceptors (Lipinski definition) is 4. The van der Waals surface area contributed by atoms with Crippen LogP contribution in [0.5, 0.6) is 0 Å². The number of carbonyl (C=O) groups excluding carboxylic acids is 1. The minimum atomic E-state index is -3.71. The van der Waals surface area contributed by atoms with Crippen LogP contribution in [0.25, 0.3) is 0 Å². The van der Waals surface area contributed by atoms with E-state index >= 15 is 0 Å². The average Bonchev–Trinajstić information content (AvgIpc) is 2.57. The van der Waals surface area contributed by atoms with Gasteiger partial charge >= 0.3 is 0 Å². The minimum Gasteiger partial charge on any atom is -0.352 e. The van der Waals surface area contributed by atoms with Crippen molar-refractivity contribution < 1.29 is 13.2 Å². The van der Waals surface area contributed by atoms with E-state index in [1.165, 1.54) is 24.3 Å². The van der Waals surface area contributed by atoms with Crippen LogP contribution in [0.2, 0.25) is 0 Å². The first-order chi connectivity index (χ1) is 12.2. The molecule has 0 saturated carbocycles. The van der Waals surface area contributed by atoms with Gasteiger partial charge in [0.15, 0.2) is 0 Å². The van der Waals surface area contributed by atoms with E-state index in [0.29, 0.717) is 24.2 Å². The maximum atomic E-state index is 12.5. The Hall–Kier alpha value is -2.09. The molecule has 0 aromatic heterocycles. The molecule has 0 bridgehead atoms. The van der Waals surface area contributed by atoms with E-state index in [-0.39, 0.29) is 29.3 Å². The van der Waals surface area contributed by atoms with Crippen LogP contribution in [0.4, 0.5) is 5.69 Å². The average molecular weight is 412 g/mol. The molecule has 1 amide bonds. The van der Waals surface area contributed by atoms with Crippen molar-refractivity contribution in [2.75, 3.05) is 11.3 Å². The first kappa shape index (κ1) is 23.0. The number of anilines is 1. The molecule has 0 spiro atoms. The van der Waals surface area contributed by atoms with Crippen LogP contribution < -0.4 is 15.8 Å². The Labute approximate surface area is 167 Å². The summed E-state index contributed by atoms with van der Waals surface area (Å²) in [5.74, 6) is -0.253. The van der Waals surface area contributed by atoms with Crippen molar-refractivity contribution in [3.05, 3.63) is 59.2 Å². The van der Waals surface area contributed by atoms with Gasteiger partial charge in [-0.3, -0.25) is 9.52 Å². The van der Waals surface area contributed by atoms with Gasteiger partial charge in [0.1, 0.15) is 0 Å². The lowest BCUT2D eigenvalue weighted by Gasteiger charge is -2.11. The maximum Gasteiger partial charge on any atom is 0.261 e. The molecule has 6 nitrogen and oxygen atoms in total. The molecule has 1 unspecified atom stereocenters. The normalized spacial score (nSPS) is 12.0. The van der Waals surface area contributed by atoms with Gasteiger partial charge in [-0.05, 0) is 74.7 Å². The highest BCUT2D eigenvalue weighted by Crippen LogP contribution is 2.19. The number of nitrogens with one attached hydrogen (secondary N) is 2. The second kappa shape index (κ2) is 9.73. The summed E-state index contributed by atoms with van der Waals surface area (Å²) >= 11 is 0. The zero-order chi connectivity index (χ0) is 19.3. The zero-order valence-electron chi connectivity index (χ0n) is 15.7. The summed E-state index contributed by atoms with van der Waals surface area (Å²) in [5.41, 5.74) is 8.64. The Morgan fingerprint density at radius 3 is 2.26 bits per heavy atom. The molecule has 2 rings (SSSR count). The molecule has 2 aromatic rings. The number of rotatable bonds is 7. The highest BCUT2D eigenvalue weighted by atomic mass is 35.5. The summed E-state index contributed by atoms with van der Waals surface area (Å²) in [6.45, 7) is 6.23. The quantitative estimate of drug-likeness (QED) is 0.651. The van der Waals surface area contributed by atoms with Crippen molar-refractivity contribution in [3.8, 4) is 0 Å². The van der Waals surface area contributed by atoms with Crippen LogP contribution in [0.1, 0.15) is 34.8 Å². The first-order valence-corrected chi connectivity index (χ1v) is 9.91. The van der Waals surface area contributed by atoms with Gasteiger partial charge in [0.05, 0.1) is 4.90 Å². The highest BCUT2D eigenvalue weighted by molar-refractivity contribution is 7.92. The first-order valence-electron chi connectivity index (χ1n) is 8.43. The molecule has 0 saturated heterocycles. The molecule has 0 aliphatic rings. The Kier molecular flexibility index (Phi) is 8.27. The van der Waals surface area contributed by atoms with Gasteiger partial charge in [0, 0.05) is 23.8 Å². The van der Waals surface area contributed by atoms with E-state index in [1.54, 1.807) is 12.1 Å². The number of carbonyl (C=O) groups is 1. The summed E-state index contributed by atoms with van der Waals surface area (Å²) in [5, 5.41) is 2.76. The number of hydrogen-bond donors (Lipinski definition) is 3. The van der Waals surface area contributed by atoms with Crippen LogP contribution >= 0.6 is 12.4 Å². The van der Waals surface area contributed by atoms with Gasteiger partial charge in [-0.2, -0.15) is 0 Å². The molecule has 0 radical (unpaired) electrons. The fourth-order valence-electron chi connectivity index (χ4n) is 2.32. The maximum absolute atomic E-state index is 12.5. The molecule has 1 atom stereocenters. The summed E-state index contributed by atoms with van der Waals surface area (Å²) in [6, 6.07) is 11.2. The topological polar surface area (TPSA) is 101 Å². The second-order valence-corrected chi connectivity index (χ2v) is 8.13. The fraction of sp³-hybridized carbons (Fsp3) is 0.316. The van der Waals surface area contributed by atoms with Gasteiger partial charge in [-0.1, -0.05) is 6.07 Å². The van der Waals surface area contributed by atoms with Crippen molar-refractivity contribution in [1.29, 1.82) is 0 Å². The zero-order valence-corrected chi connectivity index (χ0v) is 17.3. The Bertz CT molecular complexity index is 882. The van der Waals surface area contributed by atoms with Gasteiger partial charge in [-0.25, -0.2) is 8.42 Å². The molecule has 8 heteroatoms. The number of benzene rings is 2. The molecular formula is C19H26ClN3O3S. The predicted molar refractivity (Wildman–Crippen MR) is 111 cm³/mol. The van der Waals surface area contributed by atoms with Gasteiger partial charge in [-0.15, -0.1) is 12.4 Å². The van der Waals surface area contributed by atoms with Crippen molar-refractivity contribution in [2.24, 2.45) is 5.73 Å². The van der Waals surface area contributed by atoms with Crippen LogP contribution in [-0.2, 0) is 10.0 Å². The summed E-state index contributed by atoms with van der Waals surface area (Å²) < 4.78 is 27.6. The molecule has 2 aromatic carbocycles. The van der Waals surface area contributed by atoms with Crippen LogP contribution in [0, 0.1) is 13.8 Å². The smallest absolute Gasteiger partial charge is 0.261 e. The molecule has 0 fully saturated rings. The number of nitrogens with two attached hydrogens (primary N) is 1. The molecule has 0 aliphatic heterocycles. The highest BCUT2D eigenvalue weighted by Gasteiger charge is 2.15. The van der Waals surface area contributed by atoms with Crippen molar-refractivity contribution in [1.82, 2.24) is 5.32 Å². The van der Waals surface area contributed by atoms with Crippen LogP contribution in [0.15, 0.2) is 47.4 Å². The van der Waals surface area contributed by atoms with E-state index < -0.39 is 10.0 Å². The predicted octanol–water partition coefficient (Wildman–Crippen LogP) is 2.99. The lowest BCUT2D eigenvalue weighted by Crippen LogP contribution is -2.28.